The minimum Gasteiger partial charge on any atom is -0.452 e. The number of hydrogen-bond donors (Lipinski definition) is 1. The molecule has 1 N–H and O–H groups in total. The van der Waals surface area contributed by atoms with Crippen LogP contribution in [-0.2, 0) is 9.53 Å². The molecule has 0 radical (unpaired) electrons. The van der Waals surface area contributed by atoms with E-state index in [-0.39, 0.29) is 11.1 Å². The number of benzene rings is 2. The van der Waals surface area contributed by atoms with Gasteiger partial charge >= 0.3 is 5.97 Å². The molecule has 0 aliphatic carbocycles. The highest BCUT2D eigenvalue weighted by molar-refractivity contribution is 5.96. The van der Waals surface area contributed by atoms with Crippen molar-refractivity contribution < 1.29 is 24.2 Å². The van der Waals surface area contributed by atoms with Gasteiger partial charge in [-0.15, -0.1) is 0 Å². The predicted octanol–water partition coefficient (Wildman–Crippen LogP) is 3.22. The lowest BCUT2D eigenvalue weighted by atomic mass is 10.1. The van der Waals surface area contributed by atoms with Crippen LogP contribution in [0.15, 0.2) is 30.3 Å². The molecule has 2 aromatic carbocycles. The highest BCUT2D eigenvalue weighted by Gasteiger charge is 2.26. The summed E-state index contributed by atoms with van der Waals surface area (Å²) < 4.78 is 4.85. The van der Waals surface area contributed by atoms with E-state index in [2.05, 4.69) is 5.32 Å². The van der Waals surface area contributed by atoms with Gasteiger partial charge in [0.2, 0.25) is 0 Å². The highest BCUT2D eigenvalue weighted by Crippen LogP contribution is 2.29. The van der Waals surface area contributed by atoms with E-state index in [1.807, 2.05) is 19.9 Å². The standard InChI is InChI=1S/C18H17N3O7/c1-10-5-4-6-14(11(10)2)19-17(22)9-28-18(23)13-7-15(20(24)25)12(3)16(8-13)21(26)27/h4-8H,9H2,1-3H3,(H,19,22). The zero-order valence-electron chi connectivity index (χ0n) is 15.3. The first-order valence-corrected chi connectivity index (χ1v) is 8.08. The van der Waals surface area contributed by atoms with Crippen molar-refractivity contribution in [3.8, 4) is 0 Å². The number of hydrogen-bond acceptors (Lipinski definition) is 7. The Bertz CT molecular complexity index is 950. The van der Waals surface area contributed by atoms with Crippen molar-refractivity contribution in [1.82, 2.24) is 0 Å². The number of anilines is 1. The summed E-state index contributed by atoms with van der Waals surface area (Å²) in [6, 6.07) is 7.09. The van der Waals surface area contributed by atoms with Gasteiger partial charge in [0.05, 0.1) is 15.4 Å². The van der Waals surface area contributed by atoms with Gasteiger partial charge in [0.25, 0.3) is 17.3 Å². The van der Waals surface area contributed by atoms with Crippen molar-refractivity contribution in [2.24, 2.45) is 0 Å². The van der Waals surface area contributed by atoms with E-state index in [9.17, 15) is 29.8 Å². The van der Waals surface area contributed by atoms with E-state index in [0.717, 1.165) is 23.3 Å². The van der Waals surface area contributed by atoms with Crippen LogP contribution in [0.3, 0.4) is 0 Å². The molecular formula is C18H17N3O7. The number of carbonyl (C=O) groups excluding carboxylic acids is 2. The third-order valence-corrected chi connectivity index (χ3v) is 4.20. The molecular weight excluding hydrogens is 370 g/mol. The van der Waals surface area contributed by atoms with Crippen LogP contribution in [0.2, 0.25) is 0 Å². The van der Waals surface area contributed by atoms with Gasteiger partial charge in [0.1, 0.15) is 5.56 Å². The van der Waals surface area contributed by atoms with Gasteiger partial charge in [-0.05, 0) is 38.0 Å². The van der Waals surface area contributed by atoms with E-state index in [4.69, 9.17) is 4.74 Å². The molecule has 0 aromatic heterocycles. The van der Waals surface area contributed by atoms with E-state index >= 15 is 0 Å². The molecule has 10 heteroatoms. The molecule has 1 amide bonds. The van der Waals surface area contributed by atoms with Gasteiger partial charge in [-0.2, -0.15) is 0 Å². The number of nitro groups is 2. The molecule has 28 heavy (non-hydrogen) atoms. The summed E-state index contributed by atoms with van der Waals surface area (Å²) in [5.41, 5.74) is 0.647. The molecule has 0 unspecified atom stereocenters. The number of carbonyl (C=O) groups is 2. The van der Waals surface area contributed by atoms with E-state index in [1.165, 1.54) is 6.92 Å². The number of nitro benzene ring substituents is 2. The first kappa shape index (κ1) is 20.5. The third-order valence-electron chi connectivity index (χ3n) is 4.20. The van der Waals surface area contributed by atoms with Crippen LogP contribution in [0.1, 0.15) is 27.0 Å². The number of esters is 1. The van der Waals surface area contributed by atoms with Gasteiger partial charge in [-0.25, -0.2) is 4.79 Å². The smallest absolute Gasteiger partial charge is 0.339 e. The SMILES string of the molecule is Cc1cccc(NC(=O)COC(=O)c2cc([N+](=O)[O-])c(C)c([N+](=O)[O-])c2)c1C. The summed E-state index contributed by atoms with van der Waals surface area (Å²) in [6.45, 7) is 4.26. The second-order valence-corrected chi connectivity index (χ2v) is 6.03. The van der Waals surface area contributed by atoms with Crippen molar-refractivity contribution >= 4 is 28.9 Å². The van der Waals surface area contributed by atoms with Crippen LogP contribution >= 0.6 is 0 Å². The van der Waals surface area contributed by atoms with Crippen LogP contribution in [0.5, 0.6) is 0 Å². The topological polar surface area (TPSA) is 142 Å². The minimum atomic E-state index is -1.08. The zero-order chi connectivity index (χ0) is 21.0. The van der Waals surface area contributed by atoms with Crippen molar-refractivity contribution in [2.75, 3.05) is 11.9 Å². The average Bonchev–Trinajstić information content (AvgIpc) is 2.63. The van der Waals surface area contributed by atoms with Gasteiger partial charge < -0.3 is 10.1 Å². The zero-order valence-corrected chi connectivity index (χ0v) is 15.3. The third kappa shape index (κ3) is 4.47. The molecule has 0 fully saturated rings. The maximum atomic E-state index is 12.1. The summed E-state index contributed by atoms with van der Waals surface area (Å²) in [7, 11) is 0. The highest BCUT2D eigenvalue weighted by atomic mass is 16.6. The van der Waals surface area contributed by atoms with E-state index in [1.54, 1.807) is 12.1 Å². The lowest BCUT2D eigenvalue weighted by Gasteiger charge is -2.10. The molecule has 0 saturated carbocycles. The van der Waals surface area contributed by atoms with Crippen molar-refractivity contribution in [2.45, 2.75) is 20.8 Å². The fourth-order valence-electron chi connectivity index (χ4n) is 2.47. The fraction of sp³-hybridized carbons (Fsp3) is 0.222. The Kier molecular flexibility index (Phi) is 6.04. The Morgan fingerprint density at radius 3 is 2.11 bits per heavy atom. The largest absolute Gasteiger partial charge is 0.452 e. The molecule has 0 heterocycles. The number of amides is 1. The Labute approximate surface area is 159 Å². The second-order valence-electron chi connectivity index (χ2n) is 6.03. The maximum absolute atomic E-state index is 12.1. The van der Waals surface area contributed by atoms with Crippen molar-refractivity contribution in [1.29, 1.82) is 0 Å². The van der Waals surface area contributed by atoms with Crippen LogP contribution in [0.4, 0.5) is 17.1 Å². The van der Waals surface area contributed by atoms with Crippen molar-refractivity contribution in [3.63, 3.8) is 0 Å². The number of ether oxygens (including phenoxy) is 1. The Balaban J connectivity index is 2.14. The normalized spacial score (nSPS) is 10.2. The lowest BCUT2D eigenvalue weighted by molar-refractivity contribution is -0.395. The van der Waals surface area contributed by atoms with Gasteiger partial charge in [-0.1, -0.05) is 12.1 Å². The Hall–Kier alpha value is -3.82. The summed E-state index contributed by atoms with van der Waals surface area (Å²) in [5, 5.41) is 24.7. The summed E-state index contributed by atoms with van der Waals surface area (Å²) in [5.74, 6) is -1.69. The maximum Gasteiger partial charge on any atom is 0.339 e. The van der Waals surface area contributed by atoms with Gasteiger partial charge in [-0.3, -0.25) is 25.0 Å². The molecule has 0 aliphatic heterocycles. The molecule has 0 bridgehead atoms. The first-order valence-electron chi connectivity index (χ1n) is 8.08. The van der Waals surface area contributed by atoms with Crippen LogP contribution in [0, 0.1) is 41.0 Å². The molecule has 2 rings (SSSR count). The molecule has 10 nitrogen and oxygen atoms in total. The van der Waals surface area contributed by atoms with Crippen LogP contribution < -0.4 is 5.32 Å². The minimum absolute atomic E-state index is 0.181. The summed E-state index contributed by atoms with van der Waals surface area (Å²) >= 11 is 0. The monoisotopic (exact) mass is 387 g/mol. The Morgan fingerprint density at radius 1 is 1.00 bits per heavy atom. The molecule has 0 spiro atoms. The van der Waals surface area contributed by atoms with Crippen LogP contribution in [0.25, 0.3) is 0 Å². The number of rotatable bonds is 6. The molecule has 146 valence electrons. The van der Waals surface area contributed by atoms with E-state index in [0.29, 0.717) is 5.69 Å². The second kappa shape index (κ2) is 8.25. The predicted molar refractivity (Wildman–Crippen MR) is 99.3 cm³/mol. The molecule has 0 atom stereocenters. The van der Waals surface area contributed by atoms with Crippen LogP contribution in [-0.4, -0.2) is 28.3 Å². The summed E-state index contributed by atoms with van der Waals surface area (Å²) in [4.78, 5) is 44.6. The average molecular weight is 387 g/mol. The van der Waals surface area contributed by atoms with Crippen molar-refractivity contribution in [3.05, 3.63) is 72.8 Å². The van der Waals surface area contributed by atoms with Gasteiger partial charge in [0, 0.05) is 17.8 Å². The number of aryl methyl sites for hydroxylation is 1. The number of nitrogens with zero attached hydrogens (tertiary/aromatic N) is 2. The first-order chi connectivity index (χ1) is 13.1. The van der Waals surface area contributed by atoms with E-state index < -0.39 is 39.7 Å². The molecule has 0 saturated heterocycles. The molecule has 2 aromatic rings. The van der Waals surface area contributed by atoms with Gasteiger partial charge in [0.15, 0.2) is 6.61 Å². The Morgan fingerprint density at radius 2 is 1.57 bits per heavy atom. The summed E-state index contributed by atoms with van der Waals surface area (Å²) in [6.07, 6.45) is 0. The number of nitrogens with one attached hydrogen (secondary N) is 1. The molecule has 0 aliphatic rings. The fourth-order valence-corrected chi connectivity index (χ4v) is 2.47. The lowest BCUT2D eigenvalue weighted by Crippen LogP contribution is -2.21. The quantitative estimate of drug-likeness (QED) is 0.455.